The number of hydrogen-bond donors (Lipinski definition) is 0. The highest BCUT2D eigenvalue weighted by Crippen LogP contribution is 2.18. The first-order chi connectivity index (χ1) is 11.9. The third kappa shape index (κ3) is 4.68. The van der Waals surface area contributed by atoms with Crippen molar-refractivity contribution in [2.75, 3.05) is 19.8 Å². The van der Waals surface area contributed by atoms with Crippen molar-refractivity contribution in [3.8, 4) is 0 Å². The molecule has 1 saturated heterocycles. The van der Waals surface area contributed by atoms with E-state index in [1.54, 1.807) is 14.0 Å². The van der Waals surface area contributed by atoms with Crippen LogP contribution in [0.5, 0.6) is 0 Å². The number of likely N-dealkylation sites (tertiary alicyclic amines) is 1. The van der Waals surface area contributed by atoms with E-state index in [0.29, 0.717) is 13.0 Å². The summed E-state index contributed by atoms with van der Waals surface area (Å²) < 4.78 is 11.3. The number of rotatable bonds is 5. The molecule has 25 heavy (non-hydrogen) atoms. The van der Waals surface area contributed by atoms with Crippen molar-refractivity contribution in [3.63, 3.8) is 0 Å². The molecule has 1 amide bonds. The van der Waals surface area contributed by atoms with Crippen LogP contribution < -0.4 is 5.56 Å². The Bertz CT molecular complexity index is 711. The molecule has 1 aliphatic heterocycles. The van der Waals surface area contributed by atoms with Crippen LogP contribution in [0, 0.1) is 0 Å². The monoisotopic (exact) mass is 350 g/mol. The summed E-state index contributed by atoms with van der Waals surface area (Å²) in [6.07, 6.45) is 3.60. The van der Waals surface area contributed by atoms with Crippen molar-refractivity contribution in [1.82, 2.24) is 9.47 Å². The Kier molecular flexibility index (Phi) is 6.32. The van der Waals surface area contributed by atoms with Gasteiger partial charge in [0.25, 0.3) is 11.5 Å². The van der Waals surface area contributed by atoms with Crippen molar-refractivity contribution in [2.24, 2.45) is 7.05 Å². The predicted molar refractivity (Wildman–Crippen MR) is 88.0 cm³/mol. The normalized spacial score (nSPS) is 17.0. The van der Waals surface area contributed by atoms with Crippen LogP contribution in [0.2, 0.25) is 0 Å². The molecule has 8 heteroatoms. The number of carbonyl (C=O) groups excluding carboxylic acids is 3. The van der Waals surface area contributed by atoms with Crippen molar-refractivity contribution >= 4 is 17.8 Å². The maximum Gasteiger partial charge on any atom is 0.338 e. The van der Waals surface area contributed by atoms with E-state index in [0.717, 1.165) is 18.9 Å². The van der Waals surface area contributed by atoms with E-state index in [4.69, 9.17) is 9.47 Å². The second kappa shape index (κ2) is 8.46. The van der Waals surface area contributed by atoms with Crippen molar-refractivity contribution in [2.45, 2.75) is 32.2 Å². The Morgan fingerprint density at radius 1 is 1.24 bits per heavy atom. The number of nitrogens with zero attached hydrogens (tertiary/aromatic N) is 2. The summed E-state index contributed by atoms with van der Waals surface area (Å²) in [4.78, 5) is 49.3. The number of esters is 2. The van der Waals surface area contributed by atoms with E-state index in [1.165, 1.54) is 21.7 Å². The number of pyridine rings is 1. The van der Waals surface area contributed by atoms with E-state index in [-0.39, 0.29) is 17.7 Å². The van der Waals surface area contributed by atoms with Gasteiger partial charge in [-0.1, -0.05) is 0 Å². The number of ether oxygens (including phenoxy) is 2. The Balaban J connectivity index is 1.97. The van der Waals surface area contributed by atoms with Crippen LogP contribution in [0.25, 0.3) is 0 Å². The van der Waals surface area contributed by atoms with Gasteiger partial charge in [-0.2, -0.15) is 0 Å². The quantitative estimate of drug-likeness (QED) is 0.717. The van der Waals surface area contributed by atoms with Gasteiger partial charge in [0, 0.05) is 25.9 Å². The molecular weight excluding hydrogens is 328 g/mol. The first-order valence-corrected chi connectivity index (χ1v) is 8.24. The molecule has 2 rings (SSSR count). The molecule has 0 aromatic carbocycles. The minimum atomic E-state index is -0.754. The first kappa shape index (κ1) is 18.7. The second-order valence-electron chi connectivity index (χ2n) is 5.79. The highest BCUT2D eigenvalue weighted by molar-refractivity contribution is 5.92. The maximum atomic E-state index is 12.3. The zero-order chi connectivity index (χ0) is 18.4. The van der Waals surface area contributed by atoms with Crippen molar-refractivity contribution in [3.05, 3.63) is 34.2 Å². The van der Waals surface area contributed by atoms with Gasteiger partial charge >= 0.3 is 11.9 Å². The van der Waals surface area contributed by atoms with Gasteiger partial charge in [0.15, 0.2) is 6.61 Å². The lowest BCUT2D eigenvalue weighted by atomic mass is 10.0. The molecule has 136 valence electrons. The zero-order valence-corrected chi connectivity index (χ0v) is 14.4. The summed E-state index contributed by atoms with van der Waals surface area (Å²) in [5, 5.41) is 0. The third-order valence-electron chi connectivity index (χ3n) is 4.05. The minimum absolute atomic E-state index is 0.0801. The third-order valence-corrected chi connectivity index (χ3v) is 4.05. The Labute approximate surface area is 145 Å². The Hall–Kier alpha value is -2.64. The largest absolute Gasteiger partial charge is 0.464 e. The van der Waals surface area contributed by atoms with Crippen LogP contribution in [-0.4, -0.2) is 53.1 Å². The number of aryl methyl sites for hydroxylation is 1. The molecule has 0 aliphatic carbocycles. The first-order valence-electron chi connectivity index (χ1n) is 8.24. The molecule has 0 spiro atoms. The molecule has 0 N–H and O–H groups in total. The van der Waals surface area contributed by atoms with Crippen LogP contribution >= 0.6 is 0 Å². The number of aromatic nitrogens is 1. The van der Waals surface area contributed by atoms with E-state index in [9.17, 15) is 19.2 Å². The van der Waals surface area contributed by atoms with Gasteiger partial charge in [-0.3, -0.25) is 9.59 Å². The predicted octanol–water partition coefficient (Wildman–Crippen LogP) is 0.486. The topological polar surface area (TPSA) is 94.9 Å². The van der Waals surface area contributed by atoms with Gasteiger partial charge in [0.05, 0.1) is 12.2 Å². The maximum absolute atomic E-state index is 12.3. The molecular formula is C17H22N2O6. The van der Waals surface area contributed by atoms with E-state index in [1.807, 2.05) is 0 Å². The van der Waals surface area contributed by atoms with E-state index >= 15 is 0 Å². The molecule has 1 aromatic rings. The van der Waals surface area contributed by atoms with Gasteiger partial charge in [0.2, 0.25) is 0 Å². The molecule has 1 aromatic heterocycles. The second-order valence-corrected chi connectivity index (χ2v) is 5.79. The molecule has 0 bridgehead atoms. The van der Waals surface area contributed by atoms with E-state index < -0.39 is 30.5 Å². The fourth-order valence-electron chi connectivity index (χ4n) is 2.68. The average Bonchev–Trinajstić information content (AvgIpc) is 2.61. The van der Waals surface area contributed by atoms with Crippen molar-refractivity contribution < 1.29 is 23.9 Å². The fraction of sp³-hybridized carbons (Fsp3) is 0.529. The lowest BCUT2D eigenvalue weighted by Gasteiger charge is -2.33. The molecule has 2 heterocycles. The summed E-state index contributed by atoms with van der Waals surface area (Å²) in [5.41, 5.74) is -0.268. The SMILES string of the molecule is CCOC(=O)C1CCCCN1C(=O)COC(=O)c1ccn(C)c(=O)c1. The zero-order valence-electron chi connectivity index (χ0n) is 14.4. The van der Waals surface area contributed by atoms with Crippen LogP contribution in [0.3, 0.4) is 0 Å². The lowest BCUT2D eigenvalue weighted by molar-refractivity contribution is -0.157. The molecule has 0 saturated carbocycles. The highest BCUT2D eigenvalue weighted by atomic mass is 16.5. The number of piperidine rings is 1. The highest BCUT2D eigenvalue weighted by Gasteiger charge is 2.33. The molecule has 1 atom stereocenters. The summed E-state index contributed by atoms with van der Waals surface area (Å²) >= 11 is 0. The summed E-state index contributed by atoms with van der Waals surface area (Å²) in [6, 6.07) is 1.95. The van der Waals surface area contributed by atoms with Gasteiger partial charge < -0.3 is 18.9 Å². The van der Waals surface area contributed by atoms with Crippen LogP contribution in [-0.2, 0) is 26.1 Å². The molecule has 8 nitrogen and oxygen atoms in total. The van der Waals surface area contributed by atoms with Crippen LogP contribution in [0.15, 0.2) is 23.1 Å². The summed E-state index contributed by atoms with van der Waals surface area (Å²) in [6.45, 7) is 1.89. The van der Waals surface area contributed by atoms with Gasteiger partial charge in [0.1, 0.15) is 6.04 Å². The number of amides is 1. The lowest BCUT2D eigenvalue weighted by Crippen LogP contribution is -2.50. The fourth-order valence-corrected chi connectivity index (χ4v) is 2.68. The number of hydrogen-bond acceptors (Lipinski definition) is 6. The van der Waals surface area contributed by atoms with Gasteiger partial charge in [-0.05, 0) is 32.3 Å². The van der Waals surface area contributed by atoms with E-state index in [2.05, 4.69) is 0 Å². The summed E-state index contributed by atoms with van der Waals surface area (Å²) in [5.74, 6) is -1.64. The van der Waals surface area contributed by atoms with Gasteiger partial charge in [-0.25, -0.2) is 9.59 Å². The number of carbonyl (C=O) groups is 3. The Morgan fingerprint density at radius 3 is 2.68 bits per heavy atom. The van der Waals surface area contributed by atoms with Crippen LogP contribution in [0.4, 0.5) is 0 Å². The average molecular weight is 350 g/mol. The molecule has 1 aliphatic rings. The molecule has 0 radical (unpaired) electrons. The Morgan fingerprint density at radius 2 is 2.00 bits per heavy atom. The smallest absolute Gasteiger partial charge is 0.338 e. The summed E-state index contributed by atoms with van der Waals surface area (Å²) in [7, 11) is 1.56. The molecule has 1 unspecified atom stereocenters. The standard InChI is InChI=1S/C17H22N2O6/c1-3-24-17(23)13-6-4-5-8-19(13)15(21)11-25-16(22)12-7-9-18(2)14(20)10-12/h7,9-10,13H,3-6,8,11H2,1-2H3. The van der Waals surface area contributed by atoms with Gasteiger partial charge in [-0.15, -0.1) is 0 Å². The van der Waals surface area contributed by atoms with Crippen LogP contribution in [0.1, 0.15) is 36.5 Å². The molecule has 1 fully saturated rings. The van der Waals surface area contributed by atoms with Crippen molar-refractivity contribution in [1.29, 1.82) is 0 Å². The minimum Gasteiger partial charge on any atom is -0.464 e.